The van der Waals surface area contributed by atoms with E-state index in [-0.39, 0.29) is 11.8 Å². The van der Waals surface area contributed by atoms with E-state index in [2.05, 4.69) is 24.1 Å². The van der Waals surface area contributed by atoms with Crippen LogP contribution in [0.1, 0.15) is 49.9 Å². The molecule has 2 amide bonds. The van der Waals surface area contributed by atoms with E-state index in [1.54, 1.807) is 4.90 Å². The molecule has 2 saturated heterocycles. The van der Waals surface area contributed by atoms with Crippen LogP contribution in [0.2, 0.25) is 0 Å². The van der Waals surface area contributed by atoms with Crippen molar-refractivity contribution in [1.82, 2.24) is 10.2 Å². The minimum absolute atomic E-state index is 0.0716. The summed E-state index contributed by atoms with van der Waals surface area (Å²) in [4.78, 5) is 29.1. The van der Waals surface area contributed by atoms with Gasteiger partial charge >= 0.3 is 0 Å². The highest BCUT2D eigenvalue weighted by Crippen LogP contribution is 2.23. The Morgan fingerprint density at radius 2 is 1.93 bits per heavy atom. The summed E-state index contributed by atoms with van der Waals surface area (Å²) in [7, 11) is 0. The molecule has 0 radical (unpaired) electrons. The highest BCUT2D eigenvalue weighted by atomic mass is 16.5. The van der Waals surface area contributed by atoms with Crippen LogP contribution < -0.4 is 10.2 Å². The van der Waals surface area contributed by atoms with E-state index in [4.69, 9.17) is 4.74 Å². The third-order valence-corrected chi connectivity index (χ3v) is 6.07. The van der Waals surface area contributed by atoms with E-state index in [1.165, 1.54) is 0 Å². The van der Waals surface area contributed by atoms with Gasteiger partial charge in [0.1, 0.15) is 0 Å². The minimum Gasteiger partial charge on any atom is -0.379 e. The van der Waals surface area contributed by atoms with Gasteiger partial charge in [-0.05, 0) is 30.5 Å². The zero-order valence-corrected chi connectivity index (χ0v) is 17.2. The number of benzene rings is 1. The van der Waals surface area contributed by atoms with Gasteiger partial charge in [-0.1, -0.05) is 32.8 Å². The van der Waals surface area contributed by atoms with Crippen molar-refractivity contribution in [3.8, 4) is 0 Å². The first kappa shape index (κ1) is 20.8. The van der Waals surface area contributed by atoms with Crippen LogP contribution in [-0.2, 0) is 9.53 Å². The summed E-state index contributed by atoms with van der Waals surface area (Å²) >= 11 is 0. The average Bonchev–Trinajstić information content (AvgIpc) is 3.17. The maximum atomic E-state index is 12.8. The summed E-state index contributed by atoms with van der Waals surface area (Å²) in [5.41, 5.74) is 1.43. The lowest BCUT2D eigenvalue weighted by atomic mass is 9.92. The molecule has 6 nitrogen and oxygen atoms in total. The molecule has 0 bridgehead atoms. The normalized spacial score (nSPS) is 19.2. The molecule has 6 heteroatoms. The van der Waals surface area contributed by atoms with Gasteiger partial charge in [0.25, 0.3) is 5.91 Å². The Kier molecular flexibility index (Phi) is 7.45. The number of morpholine rings is 1. The maximum absolute atomic E-state index is 12.8. The Morgan fingerprint density at radius 1 is 1.18 bits per heavy atom. The largest absolute Gasteiger partial charge is 0.379 e. The second kappa shape index (κ2) is 10.0. The van der Waals surface area contributed by atoms with E-state index < -0.39 is 0 Å². The first-order valence-corrected chi connectivity index (χ1v) is 10.6. The molecule has 0 aliphatic carbocycles. The predicted octanol–water partition coefficient (Wildman–Crippen LogP) is 2.68. The van der Waals surface area contributed by atoms with Crippen molar-refractivity contribution >= 4 is 17.5 Å². The lowest BCUT2D eigenvalue weighted by Gasteiger charge is -2.38. The van der Waals surface area contributed by atoms with E-state index in [0.717, 1.165) is 57.8 Å². The molecule has 2 fully saturated rings. The molecule has 154 valence electrons. The minimum atomic E-state index is -0.0716. The van der Waals surface area contributed by atoms with Gasteiger partial charge in [-0.25, -0.2) is 0 Å². The summed E-state index contributed by atoms with van der Waals surface area (Å²) in [5, 5.41) is 3.15. The summed E-state index contributed by atoms with van der Waals surface area (Å²) in [6.07, 6.45) is 3.67. The summed E-state index contributed by atoms with van der Waals surface area (Å²) < 4.78 is 5.50. The van der Waals surface area contributed by atoms with Crippen LogP contribution in [0.15, 0.2) is 24.3 Å². The number of rotatable bonds is 8. The Morgan fingerprint density at radius 3 is 2.57 bits per heavy atom. The van der Waals surface area contributed by atoms with Crippen LogP contribution in [0.3, 0.4) is 0 Å². The van der Waals surface area contributed by atoms with Crippen molar-refractivity contribution in [1.29, 1.82) is 0 Å². The zero-order chi connectivity index (χ0) is 19.9. The Hall–Kier alpha value is -1.92. The van der Waals surface area contributed by atoms with E-state index in [0.29, 0.717) is 30.5 Å². The molecule has 1 N–H and O–H groups in total. The lowest BCUT2D eigenvalue weighted by molar-refractivity contribution is -0.117. The quantitative estimate of drug-likeness (QED) is 0.745. The van der Waals surface area contributed by atoms with Crippen molar-refractivity contribution in [3.63, 3.8) is 0 Å². The SMILES string of the molecule is CCC(CC)C(CNC(=O)c1cccc(N2CCCC2=O)c1)N1CCOCC1. The number of carbonyl (C=O) groups excluding carboxylic acids is 2. The van der Waals surface area contributed by atoms with Gasteiger partial charge in [0.2, 0.25) is 5.91 Å². The lowest BCUT2D eigenvalue weighted by Crippen LogP contribution is -2.52. The van der Waals surface area contributed by atoms with Gasteiger partial charge in [0, 0.05) is 49.9 Å². The molecule has 2 heterocycles. The smallest absolute Gasteiger partial charge is 0.251 e. The molecule has 0 spiro atoms. The third kappa shape index (κ3) is 4.92. The number of hydrogen-bond donors (Lipinski definition) is 1. The zero-order valence-electron chi connectivity index (χ0n) is 17.2. The number of anilines is 1. The van der Waals surface area contributed by atoms with Crippen molar-refractivity contribution in [3.05, 3.63) is 29.8 Å². The van der Waals surface area contributed by atoms with Crippen molar-refractivity contribution in [2.75, 3.05) is 44.3 Å². The second-order valence-electron chi connectivity index (χ2n) is 7.70. The summed E-state index contributed by atoms with van der Waals surface area (Å²) in [6, 6.07) is 7.74. The maximum Gasteiger partial charge on any atom is 0.251 e. The Balaban J connectivity index is 1.66. The van der Waals surface area contributed by atoms with Gasteiger partial charge in [-0.2, -0.15) is 0 Å². The van der Waals surface area contributed by atoms with E-state index in [9.17, 15) is 9.59 Å². The highest BCUT2D eigenvalue weighted by Gasteiger charge is 2.27. The van der Waals surface area contributed by atoms with Gasteiger partial charge in [0.05, 0.1) is 13.2 Å². The Bertz CT molecular complexity index is 669. The first-order valence-electron chi connectivity index (χ1n) is 10.6. The summed E-state index contributed by atoms with van der Waals surface area (Å²) in [6.45, 7) is 9.18. The number of ether oxygens (including phenoxy) is 1. The fraction of sp³-hybridized carbons (Fsp3) is 0.636. The van der Waals surface area contributed by atoms with Crippen LogP contribution in [0, 0.1) is 5.92 Å². The molecule has 1 unspecified atom stereocenters. The highest BCUT2D eigenvalue weighted by molar-refractivity contribution is 5.99. The van der Waals surface area contributed by atoms with Crippen LogP contribution in [-0.4, -0.2) is 62.1 Å². The summed E-state index contributed by atoms with van der Waals surface area (Å²) in [5.74, 6) is 0.614. The van der Waals surface area contributed by atoms with Gasteiger partial charge in [-0.3, -0.25) is 14.5 Å². The molecule has 3 rings (SSSR count). The fourth-order valence-electron chi connectivity index (χ4n) is 4.37. The van der Waals surface area contributed by atoms with Crippen molar-refractivity contribution in [2.24, 2.45) is 5.92 Å². The second-order valence-corrected chi connectivity index (χ2v) is 7.70. The third-order valence-electron chi connectivity index (χ3n) is 6.07. The number of hydrogen-bond acceptors (Lipinski definition) is 4. The molecule has 1 atom stereocenters. The van der Waals surface area contributed by atoms with Crippen LogP contribution in [0.25, 0.3) is 0 Å². The van der Waals surface area contributed by atoms with Crippen molar-refractivity contribution < 1.29 is 14.3 Å². The number of nitrogens with one attached hydrogen (secondary N) is 1. The average molecular weight is 388 g/mol. The van der Waals surface area contributed by atoms with Crippen LogP contribution in [0.5, 0.6) is 0 Å². The fourth-order valence-corrected chi connectivity index (χ4v) is 4.37. The van der Waals surface area contributed by atoms with Crippen molar-refractivity contribution in [2.45, 2.75) is 45.6 Å². The van der Waals surface area contributed by atoms with Gasteiger partial charge in [-0.15, -0.1) is 0 Å². The number of nitrogens with zero attached hydrogens (tertiary/aromatic N) is 2. The standard InChI is InChI=1S/C22H33N3O3/c1-3-17(4-2)20(24-11-13-28-14-12-24)16-23-22(27)18-7-5-8-19(15-18)25-10-6-9-21(25)26/h5,7-8,15,17,20H,3-4,6,9-14,16H2,1-2H3,(H,23,27). The molecule has 2 aliphatic heterocycles. The molecule has 0 aromatic heterocycles. The topological polar surface area (TPSA) is 61.9 Å². The van der Waals surface area contributed by atoms with E-state index in [1.807, 2.05) is 24.3 Å². The van der Waals surface area contributed by atoms with Gasteiger partial charge in [0.15, 0.2) is 0 Å². The Labute approximate surface area is 168 Å². The van der Waals surface area contributed by atoms with Crippen LogP contribution >= 0.6 is 0 Å². The molecule has 1 aromatic carbocycles. The number of amides is 2. The molecule has 2 aliphatic rings. The number of carbonyl (C=O) groups is 2. The molecular formula is C22H33N3O3. The van der Waals surface area contributed by atoms with Crippen LogP contribution in [0.4, 0.5) is 5.69 Å². The molecule has 1 aromatic rings. The monoisotopic (exact) mass is 387 g/mol. The first-order chi connectivity index (χ1) is 13.6. The molecule has 0 saturated carbocycles. The van der Waals surface area contributed by atoms with E-state index >= 15 is 0 Å². The molecule has 28 heavy (non-hydrogen) atoms. The predicted molar refractivity (Wildman–Crippen MR) is 111 cm³/mol. The van der Waals surface area contributed by atoms with Gasteiger partial charge < -0.3 is 15.0 Å². The molecular weight excluding hydrogens is 354 g/mol.